The molecule has 92 valence electrons. The molecule has 2 rings (SSSR count). The van der Waals surface area contributed by atoms with Crippen LogP contribution in [0.15, 0.2) is 36.5 Å². The Kier molecular flexibility index (Phi) is 3.48. The van der Waals surface area contributed by atoms with Gasteiger partial charge in [-0.05, 0) is 36.8 Å². The summed E-state index contributed by atoms with van der Waals surface area (Å²) in [5.41, 5.74) is 0.833. The smallest absolute Gasteiger partial charge is 0.354 e. The second-order valence-corrected chi connectivity index (χ2v) is 4.10. The first-order chi connectivity index (χ1) is 8.56. The summed E-state index contributed by atoms with van der Waals surface area (Å²) in [6.45, 7) is 1.87. The van der Waals surface area contributed by atoms with Crippen LogP contribution in [0.3, 0.4) is 0 Å². The molecular formula is C13H10ClNO3. The van der Waals surface area contributed by atoms with Crippen molar-refractivity contribution in [1.82, 2.24) is 4.98 Å². The average molecular weight is 264 g/mol. The van der Waals surface area contributed by atoms with E-state index in [4.69, 9.17) is 21.4 Å². The van der Waals surface area contributed by atoms with E-state index >= 15 is 0 Å². The summed E-state index contributed by atoms with van der Waals surface area (Å²) in [5.74, 6) is -0.0729. The van der Waals surface area contributed by atoms with E-state index in [9.17, 15) is 4.79 Å². The lowest BCUT2D eigenvalue weighted by Crippen LogP contribution is -1.99. The quantitative estimate of drug-likeness (QED) is 0.920. The number of aromatic carboxylic acids is 1. The molecule has 1 aromatic carbocycles. The Hall–Kier alpha value is -2.07. The highest BCUT2D eigenvalue weighted by Crippen LogP contribution is 2.25. The number of ether oxygens (including phenoxy) is 1. The van der Waals surface area contributed by atoms with Crippen molar-refractivity contribution in [3.05, 3.63) is 52.8 Å². The molecule has 4 nitrogen and oxygen atoms in total. The number of carboxylic acids is 1. The Bertz CT molecular complexity index is 599. The second kappa shape index (κ2) is 5.06. The van der Waals surface area contributed by atoms with Gasteiger partial charge in [0.1, 0.15) is 11.5 Å². The number of rotatable bonds is 3. The highest BCUT2D eigenvalue weighted by atomic mass is 35.5. The van der Waals surface area contributed by atoms with Crippen LogP contribution in [0.2, 0.25) is 5.02 Å². The van der Waals surface area contributed by atoms with Gasteiger partial charge in [0.05, 0.1) is 0 Å². The number of aryl methyl sites for hydroxylation is 1. The van der Waals surface area contributed by atoms with Crippen molar-refractivity contribution in [1.29, 1.82) is 0 Å². The van der Waals surface area contributed by atoms with Crippen molar-refractivity contribution < 1.29 is 14.6 Å². The van der Waals surface area contributed by atoms with E-state index < -0.39 is 5.97 Å². The maximum atomic E-state index is 10.8. The minimum absolute atomic E-state index is 0.0572. The van der Waals surface area contributed by atoms with E-state index in [2.05, 4.69) is 4.98 Å². The lowest BCUT2D eigenvalue weighted by molar-refractivity contribution is 0.0690. The molecule has 0 spiro atoms. The van der Waals surface area contributed by atoms with Crippen LogP contribution in [0, 0.1) is 6.92 Å². The van der Waals surface area contributed by atoms with Gasteiger partial charge in [0.15, 0.2) is 5.69 Å². The molecule has 0 unspecified atom stereocenters. The molecule has 0 amide bonds. The molecule has 0 aliphatic carbocycles. The Labute approximate surface area is 109 Å². The lowest BCUT2D eigenvalue weighted by atomic mass is 10.2. The fourth-order valence-corrected chi connectivity index (χ4v) is 1.53. The molecule has 18 heavy (non-hydrogen) atoms. The first-order valence-electron chi connectivity index (χ1n) is 5.19. The van der Waals surface area contributed by atoms with Crippen LogP contribution in [0.25, 0.3) is 0 Å². The van der Waals surface area contributed by atoms with Gasteiger partial charge in [-0.1, -0.05) is 11.6 Å². The SMILES string of the molecule is Cc1cc(Oc2ccnc(C(=O)O)c2)ccc1Cl. The Morgan fingerprint density at radius 3 is 2.67 bits per heavy atom. The summed E-state index contributed by atoms with van der Waals surface area (Å²) >= 11 is 5.91. The van der Waals surface area contributed by atoms with Crippen molar-refractivity contribution in [2.24, 2.45) is 0 Å². The summed E-state index contributed by atoms with van der Waals surface area (Å²) < 4.78 is 5.54. The Morgan fingerprint density at radius 2 is 2.00 bits per heavy atom. The summed E-state index contributed by atoms with van der Waals surface area (Å²) in [6.07, 6.45) is 1.39. The molecule has 1 aromatic heterocycles. The lowest BCUT2D eigenvalue weighted by Gasteiger charge is -2.07. The first kappa shape index (κ1) is 12.4. The van der Waals surface area contributed by atoms with Gasteiger partial charge in [-0.15, -0.1) is 0 Å². The third-order valence-corrected chi connectivity index (χ3v) is 2.74. The molecule has 0 bridgehead atoms. The number of carbonyl (C=O) groups is 1. The van der Waals surface area contributed by atoms with Gasteiger partial charge in [-0.2, -0.15) is 0 Å². The van der Waals surface area contributed by atoms with Crippen LogP contribution in [0.1, 0.15) is 16.1 Å². The van der Waals surface area contributed by atoms with Gasteiger partial charge in [-0.3, -0.25) is 0 Å². The van der Waals surface area contributed by atoms with Crippen LogP contribution < -0.4 is 4.74 Å². The Balaban J connectivity index is 2.25. The molecular weight excluding hydrogens is 254 g/mol. The summed E-state index contributed by atoms with van der Waals surface area (Å²) in [5, 5.41) is 9.48. The van der Waals surface area contributed by atoms with Crippen LogP contribution in [-0.4, -0.2) is 16.1 Å². The third-order valence-electron chi connectivity index (χ3n) is 2.32. The zero-order chi connectivity index (χ0) is 13.1. The number of pyridine rings is 1. The molecule has 0 atom stereocenters. The van der Waals surface area contributed by atoms with Crippen molar-refractivity contribution in [3.63, 3.8) is 0 Å². The monoisotopic (exact) mass is 263 g/mol. The molecule has 2 aromatic rings. The maximum absolute atomic E-state index is 10.8. The van der Waals surface area contributed by atoms with E-state index in [1.165, 1.54) is 12.3 Å². The minimum atomic E-state index is -1.09. The number of hydrogen-bond donors (Lipinski definition) is 1. The van der Waals surface area contributed by atoms with Gasteiger partial charge in [0.25, 0.3) is 0 Å². The first-order valence-corrected chi connectivity index (χ1v) is 5.57. The zero-order valence-corrected chi connectivity index (χ0v) is 10.3. The van der Waals surface area contributed by atoms with Crippen LogP contribution >= 0.6 is 11.6 Å². The molecule has 0 saturated heterocycles. The van der Waals surface area contributed by atoms with Crippen LogP contribution in [-0.2, 0) is 0 Å². The second-order valence-electron chi connectivity index (χ2n) is 3.69. The average Bonchev–Trinajstić information content (AvgIpc) is 2.34. The fourth-order valence-electron chi connectivity index (χ4n) is 1.41. The highest BCUT2D eigenvalue weighted by Gasteiger charge is 2.06. The van der Waals surface area contributed by atoms with Crippen molar-refractivity contribution in [3.8, 4) is 11.5 Å². The van der Waals surface area contributed by atoms with E-state index in [1.54, 1.807) is 24.3 Å². The molecule has 1 N–H and O–H groups in total. The van der Waals surface area contributed by atoms with Crippen LogP contribution in [0.5, 0.6) is 11.5 Å². The van der Waals surface area contributed by atoms with Crippen molar-refractivity contribution >= 4 is 17.6 Å². The number of benzene rings is 1. The van der Waals surface area contributed by atoms with Gasteiger partial charge in [-0.25, -0.2) is 9.78 Å². The van der Waals surface area contributed by atoms with Crippen molar-refractivity contribution in [2.45, 2.75) is 6.92 Å². The summed E-state index contributed by atoms with van der Waals surface area (Å²) in [7, 11) is 0. The largest absolute Gasteiger partial charge is 0.477 e. The third kappa shape index (κ3) is 2.78. The normalized spacial score (nSPS) is 10.1. The predicted octanol–water partition coefficient (Wildman–Crippen LogP) is 3.53. The molecule has 0 fully saturated rings. The summed E-state index contributed by atoms with van der Waals surface area (Å²) in [6, 6.07) is 8.19. The summed E-state index contributed by atoms with van der Waals surface area (Å²) in [4.78, 5) is 14.5. The Morgan fingerprint density at radius 1 is 1.28 bits per heavy atom. The van der Waals surface area contributed by atoms with Gasteiger partial charge in [0, 0.05) is 17.3 Å². The highest BCUT2D eigenvalue weighted by molar-refractivity contribution is 6.31. The number of halogens is 1. The number of aromatic nitrogens is 1. The molecule has 0 aliphatic heterocycles. The van der Waals surface area contributed by atoms with E-state index in [1.807, 2.05) is 6.92 Å². The molecule has 5 heteroatoms. The maximum Gasteiger partial charge on any atom is 0.354 e. The van der Waals surface area contributed by atoms with Crippen molar-refractivity contribution in [2.75, 3.05) is 0 Å². The molecule has 1 heterocycles. The van der Waals surface area contributed by atoms with Gasteiger partial charge >= 0.3 is 5.97 Å². The van der Waals surface area contributed by atoms with E-state index in [-0.39, 0.29) is 5.69 Å². The zero-order valence-electron chi connectivity index (χ0n) is 9.55. The fraction of sp³-hybridized carbons (Fsp3) is 0.0769. The topological polar surface area (TPSA) is 59.4 Å². The molecule has 0 radical (unpaired) electrons. The van der Waals surface area contributed by atoms with Gasteiger partial charge in [0.2, 0.25) is 0 Å². The van der Waals surface area contributed by atoms with Crippen LogP contribution in [0.4, 0.5) is 0 Å². The molecule has 0 saturated carbocycles. The number of hydrogen-bond acceptors (Lipinski definition) is 3. The van der Waals surface area contributed by atoms with E-state index in [0.29, 0.717) is 16.5 Å². The predicted molar refractivity (Wildman–Crippen MR) is 67.5 cm³/mol. The van der Waals surface area contributed by atoms with Gasteiger partial charge < -0.3 is 9.84 Å². The number of carboxylic acid groups (broad SMARTS) is 1. The minimum Gasteiger partial charge on any atom is -0.477 e. The molecule has 0 aliphatic rings. The number of nitrogens with zero attached hydrogens (tertiary/aromatic N) is 1. The standard InChI is InChI=1S/C13H10ClNO3/c1-8-6-9(2-3-11(8)14)18-10-4-5-15-12(7-10)13(16)17/h2-7H,1H3,(H,16,17). The van der Waals surface area contributed by atoms with E-state index in [0.717, 1.165) is 5.56 Å².